The Kier molecular flexibility index (Phi) is 9.33. The highest BCUT2D eigenvalue weighted by molar-refractivity contribution is 7.41. The molecule has 36 heavy (non-hydrogen) atoms. The van der Waals surface area contributed by atoms with Gasteiger partial charge in [0.1, 0.15) is 23.0 Å². The van der Waals surface area contributed by atoms with E-state index in [2.05, 4.69) is 13.8 Å². The van der Waals surface area contributed by atoms with Gasteiger partial charge in [-0.3, -0.25) is 9.13 Å². The molecule has 0 saturated heterocycles. The van der Waals surface area contributed by atoms with Crippen molar-refractivity contribution in [3.05, 3.63) is 84.4 Å². The quantitative estimate of drug-likeness (QED) is 0.219. The second-order valence-electron chi connectivity index (χ2n) is 9.59. The Morgan fingerprint density at radius 1 is 0.694 bits per heavy atom. The van der Waals surface area contributed by atoms with Crippen molar-refractivity contribution >= 4 is 16.1 Å². The molecule has 0 bridgehead atoms. The molecule has 0 radical (unpaired) electrons. The van der Waals surface area contributed by atoms with Crippen LogP contribution in [0.2, 0.25) is 0 Å². The Bertz CT molecular complexity index is 1180. The largest absolute Gasteiger partial charge is 0.477 e. The van der Waals surface area contributed by atoms with Gasteiger partial charge in [-0.25, -0.2) is 0 Å². The molecule has 0 aliphatic carbocycles. The molecule has 0 aromatic heterocycles. The molecule has 0 N–H and O–H groups in total. The van der Waals surface area contributed by atoms with E-state index in [1.165, 1.54) is 5.56 Å². The van der Waals surface area contributed by atoms with E-state index >= 15 is 0 Å². The first-order valence-electron chi connectivity index (χ1n) is 12.1. The summed E-state index contributed by atoms with van der Waals surface area (Å²) >= 11 is 0. The van der Waals surface area contributed by atoms with Crippen molar-refractivity contribution in [1.82, 2.24) is 0 Å². The predicted octanol–water partition coefficient (Wildman–Crippen LogP) is 8.54. The highest BCUT2D eigenvalue weighted by Gasteiger charge is 2.34. The van der Waals surface area contributed by atoms with Gasteiger partial charge in [-0.05, 0) is 75.1 Å². The lowest BCUT2D eigenvalue weighted by molar-refractivity contribution is 0.159. The van der Waals surface area contributed by atoms with Crippen molar-refractivity contribution in [3.8, 4) is 23.0 Å². The summed E-state index contributed by atoms with van der Waals surface area (Å²) in [6.45, 7) is 11.4. The monoisotopic (exact) mass is 530 g/mol. The van der Waals surface area contributed by atoms with Gasteiger partial charge in [0, 0.05) is 6.07 Å². The number of hydrogen-bond donors (Lipinski definition) is 0. The second kappa shape index (κ2) is 12.0. The number of benzene rings is 3. The van der Waals surface area contributed by atoms with Gasteiger partial charge in [0.2, 0.25) is 0 Å². The topological polar surface area (TPSA) is 71.1 Å². The Hall–Kier alpha value is -2.68. The molecule has 8 heteroatoms. The van der Waals surface area contributed by atoms with Crippen LogP contribution in [-0.4, -0.2) is 10.7 Å². The molecule has 194 valence electrons. The second-order valence-corrected chi connectivity index (χ2v) is 13.4. The summed E-state index contributed by atoms with van der Waals surface area (Å²) in [6, 6.07) is 23.6. The predicted molar refractivity (Wildman–Crippen MR) is 147 cm³/mol. The molecular formula is C28H36O6P2. The third-order valence-corrected chi connectivity index (χ3v) is 9.08. The number of rotatable bonds is 12. The van der Waals surface area contributed by atoms with Gasteiger partial charge in [0.15, 0.2) is 10.7 Å². The van der Waals surface area contributed by atoms with Crippen molar-refractivity contribution in [2.24, 2.45) is 0 Å². The number of hydrogen-bond acceptors (Lipinski definition) is 6. The molecule has 0 saturated carbocycles. The summed E-state index contributed by atoms with van der Waals surface area (Å²) < 4.78 is 49.8. The van der Waals surface area contributed by atoms with E-state index in [0.29, 0.717) is 35.3 Å². The first-order chi connectivity index (χ1) is 17.0. The van der Waals surface area contributed by atoms with Crippen LogP contribution < -0.4 is 18.5 Å². The van der Waals surface area contributed by atoms with E-state index in [-0.39, 0.29) is 0 Å². The van der Waals surface area contributed by atoms with E-state index in [0.717, 1.165) is 0 Å². The third kappa shape index (κ3) is 7.41. The average molecular weight is 531 g/mol. The fourth-order valence-corrected chi connectivity index (χ4v) is 5.14. The molecule has 0 heterocycles. The van der Waals surface area contributed by atoms with Crippen LogP contribution in [0.5, 0.6) is 23.0 Å². The van der Waals surface area contributed by atoms with Crippen LogP contribution in [0.15, 0.2) is 78.9 Å². The zero-order chi connectivity index (χ0) is 26.3. The minimum atomic E-state index is -2.69. The maximum Gasteiger partial charge on any atom is 0.278 e. The minimum Gasteiger partial charge on any atom is -0.477 e. The first kappa shape index (κ1) is 27.9. The van der Waals surface area contributed by atoms with Crippen LogP contribution in [0.3, 0.4) is 0 Å². The van der Waals surface area contributed by atoms with E-state index in [9.17, 15) is 9.13 Å². The number of para-hydroxylation sites is 1. The van der Waals surface area contributed by atoms with Crippen LogP contribution in [0, 0.1) is 0 Å². The van der Waals surface area contributed by atoms with Gasteiger partial charge < -0.3 is 18.5 Å². The van der Waals surface area contributed by atoms with Crippen molar-refractivity contribution in [3.63, 3.8) is 0 Å². The fraction of sp³-hybridized carbons (Fsp3) is 0.357. The van der Waals surface area contributed by atoms with E-state index < -0.39 is 26.7 Å². The van der Waals surface area contributed by atoms with Gasteiger partial charge in [-0.15, -0.1) is 0 Å². The van der Waals surface area contributed by atoms with Gasteiger partial charge >= 0.3 is 0 Å². The van der Waals surface area contributed by atoms with E-state index in [4.69, 9.17) is 18.5 Å². The van der Waals surface area contributed by atoms with Crippen LogP contribution in [-0.2, 0) is 9.13 Å². The molecule has 6 nitrogen and oxygen atoms in total. The lowest BCUT2D eigenvalue weighted by atomic mass is 10.0. The lowest BCUT2D eigenvalue weighted by Gasteiger charge is -2.29. The molecule has 0 amide bonds. The minimum absolute atomic E-state index is 0.347. The zero-order valence-corrected chi connectivity index (χ0v) is 23.7. The summed E-state index contributed by atoms with van der Waals surface area (Å²) in [5.41, 5.74) is 1.21. The van der Waals surface area contributed by atoms with Crippen molar-refractivity contribution < 1.29 is 27.7 Å². The molecule has 3 aromatic carbocycles. The van der Waals surface area contributed by atoms with Gasteiger partial charge in [0.05, 0.1) is 0 Å². The van der Waals surface area contributed by atoms with Crippen LogP contribution in [0.4, 0.5) is 0 Å². The van der Waals surface area contributed by atoms with Crippen molar-refractivity contribution in [2.45, 2.75) is 64.6 Å². The maximum absolute atomic E-state index is 13.3. The Balaban J connectivity index is 1.67. The Labute approximate surface area is 215 Å². The van der Waals surface area contributed by atoms with Crippen LogP contribution in [0.25, 0.3) is 0 Å². The van der Waals surface area contributed by atoms with Crippen LogP contribution >= 0.6 is 16.1 Å². The standard InChI is InChI=1S/C28H36O6P2/c1-7-28(6,32-24-18-16-22(17-19-24)21(2)3)36(30)34-26-15-11-14-25(20-26)33-35(29)27(4,5)31-23-12-9-8-10-13-23/h8-21,35-36H,7H2,1-6H3. The lowest BCUT2D eigenvalue weighted by Crippen LogP contribution is -2.28. The molecule has 3 rings (SSSR count). The summed E-state index contributed by atoms with van der Waals surface area (Å²) in [5.74, 6) is 2.37. The maximum atomic E-state index is 13.3. The summed E-state index contributed by atoms with van der Waals surface area (Å²) in [5, 5.41) is -2.03. The molecule has 0 aliphatic heterocycles. The molecule has 3 aromatic rings. The van der Waals surface area contributed by atoms with Crippen molar-refractivity contribution in [2.75, 3.05) is 0 Å². The Morgan fingerprint density at radius 3 is 1.78 bits per heavy atom. The summed E-state index contributed by atoms with van der Waals surface area (Å²) in [7, 11) is -5.35. The number of ether oxygens (including phenoxy) is 2. The van der Waals surface area contributed by atoms with E-state index in [1.807, 2.05) is 49.4 Å². The molecular weight excluding hydrogens is 494 g/mol. The van der Waals surface area contributed by atoms with Gasteiger partial charge in [-0.1, -0.05) is 57.2 Å². The average Bonchev–Trinajstić information content (AvgIpc) is 2.84. The zero-order valence-electron chi connectivity index (χ0n) is 21.7. The van der Waals surface area contributed by atoms with Crippen LogP contribution in [0.1, 0.15) is 59.4 Å². The summed E-state index contributed by atoms with van der Waals surface area (Å²) in [6.07, 6.45) is 0.492. The van der Waals surface area contributed by atoms with Crippen molar-refractivity contribution in [1.29, 1.82) is 0 Å². The molecule has 0 aliphatic rings. The van der Waals surface area contributed by atoms with Gasteiger partial charge in [0.25, 0.3) is 16.1 Å². The van der Waals surface area contributed by atoms with Gasteiger partial charge in [-0.2, -0.15) is 0 Å². The fourth-order valence-electron chi connectivity index (χ4n) is 3.31. The van der Waals surface area contributed by atoms with E-state index in [1.54, 1.807) is 57.2 Å². The highest BCUT2D eigenvalue weighted by atomic mass is 31.1. The molecule has 0 spiro atoms. The normalized spacial score (nSPS) is 15.0. The first-order valence-corrected chi connectivity index (χ1v) is 14.7. The smallest absolute Gasteiger partial charge is 0.278 e. The molecule has 3 atom stereocenters. The highest BCUT2D eigenvalue weighted by Crippen LogP contribution is 2.46. The Morgan fingerprint density at radius 2 is 1.22 bits per heavy atom. The molecule has 0 fully saturated rings. The summed E-state index contributed by atoms with van der Waals surface area (Å²) in [4.78, 5) is 0. The third-order valence-electron chi connectivity index (χ3n) is 5.83. The molecule has 3 unspecified atom stereocenters. The SMILES string of the molecule is CCC(C)(Oc1ccc(C(C)C)cc1)[PH](=O)Oc1cccc(O[PH](=O)C(C)(C)Oc2ccccc2)c1.